The van der Waals surface area contributed by atoms with Crippen molar-refractivity contribution >= 4 is 5.82 Å². The molecule has 15 heavy (non-hydrogen) atoms. The Balaban J connectivity index is 2.44. The highest BCUT2D eigenvalue weighted by Gasteiger charge is 2.00. The SMILES string of the molecule is CNc1cccc(-c2ccnc(C)c2)n1. The highest BCUT2D eigenvalue weighted by molar-refractivity contribution is 5.61. The topological polar surface area (TPSA) is 37.8 Å². The maximum atomic E-state index is 4.46. The molecule has 0 bridgehead atoms. The van der Waals surface area contributed by atoms with Gasteiger partial charge in [0.15, 0.2) is 0 Å². The molecular weight excluding hydrogens is 186 g/mol. The molecule has 2 aromatic rings. The number of pyridine rings is 2. The van der Waals surface area contributed by atoms with E-state index in [9.17, 15) is 0 Å². The van der Waals surface area contributed by atoms with E-state index in [1.807, 2.05) is 44.3 Å². The van der Waals surface area contributed by atoms with Crippen LogP contribution in [0.1, 0.15) is 5.69 Å². The molecule has 76 valence electrons. The fraction of sp³-hybridized carbons (Fsp3) is 0.167. The molecule has 0 unspecified atom stereocenters. The fourth-order valence-corrected chi connectivity index (χ4v) is 1.44. The van der Waals surface area contributed by atoms with Crippen LogP contribution in [0, 0.1) is 6.92 Å². The molecule has 0 atom stereocenters. The summed E-state index contributed by atoms with van der Waals surface area (Å²) in [5.41, 5.74) is 3.07. The summed E-state index contributed by atoms with van der Waals surface area (Å²) < 4.78 is 0. The van der Waals surface area contributed by atoms with E-state index in [0.717, 1.165) is 22.8 Å². The first-order valence-electron chi connectivity index (χ1n) is 4.87. The zero-order chi connectivity index (χ0) is 10.7. The predicted octanol–water partition coefficient (Wildman–Crippen LogP) is 2.49. The van der Waals surface area contributed by atoms with Gasteiger partial charge in [0.05, 0.1) is 5.69 Å². The van der Waals surface area contributed by atoms with Crippen LogP contribution in [-0.4, -0.2) is 17.0 Å². The van der Waals surface area contributed by atoms with Gasteiger partial charge in [0.1, 0.15) is 5.82 Å². The first-order valence-corrected chi connectivity index (χ1v) is 4.87. The van der Waals surface area contributed by atoms with E-state index in [1.165, 1.54) is 0 Å². The molecule has 0 aliphatic carbocycles. The van der Waals surface area contributed by atoms with Crippen molar-refractivity contribution < 1.29 is 0 Å². The maximum Gasteiger partial charge on any atom is 0.126 e. The first kappa shape index (κ1) is 9.65. The summed E-state index contributed by atoms with van der Waals surface area (Å²) in [7, 11) is 1.86. The van der Waals surface area contributed by atoms with Crippen molar-refractivity contribution in [3.63, 3.8) is 0 Å². The Hall–Kier alpha value is -1.90. The molecule has 2 rings (SSSR count). The van der Waals surface area contributed by atoms with Gasteiger partial charge in [-0.15, -0.1) is 0 Å². The molecule has 2 heterocycles. The minimum atomic E-state index is 0.877. The summed E-state index contributed by atoms with van der Waals surface area (Å²) in [5, 5.41) is 3.02. The van der Waals surface area contributed by atoms with E-state index in [2.05, 4.69) is 15.3 Å². The van der Waals surface area contributed by atoms with Crippen LogP contribution in [0.4, 0.5) is 5.82 Å². The van der Waals surface area contributed by atoms with Gasteiger partial charge in [-0.3, -0.25) is 4.98 Å². The Bertz CT molecular complexity index is 466. The third kappa shape index (κ3) is 2.13. The van der Waals surface area contributed by atoms with E-state index in [-0.39, 0.29) is 0 Å². The van der Waals surface area contributed by atoms with Crippen molar-refractivity contribution in [2.24, 2.45) is 0 Å². The van der Waals surface area contributed by atoms with Gasteiger partial charge in [-0.2, -0.15) is 0 Å². The number of aryl methyl sites for hydroxylation is 1. The second kappa shape index (κ2) is 4.09. The Morgan fingerprint density at radius 1 is 1.20 bits per heavy atom. The number of anilines is 1. The standard InChI is InChI=1S/C12H13N3/c1-9-8-10(6-7-14-9)11-4-3-5-12(13-2)15-11/h3-8H,1-2H3,(H,13,15). The Morgan fingerprint density at radius 3 is 2.80 bits per heavy atom. The molecule has 0 radical (unpaired) electrons. The van der Waals surface area contributed by atoms with E-state index in [1.54, 1.807) is 6.20 Å². The quantitative estimate of drug-likeness (QED) is 0.807. The minimum Gasteiger partial charge on any atom is -0.373 e. The third-order valence-electron chi connectivity index (χ3n) is 2.20. The summed E-state index contributed by atoms with van der Waals surface area (Å²) in [4.78, 5) is 8.63. The van der Waals surface area contributed by atoms with Crippen LogP contribution in [0.15, 0.2) is 36.5 Å². The van der Waals surface area contributed by atoms with Crippen LogP contribution in [0.3, 0.4) is 0 Å². The fourth-order valence-electron chi connectivity index (χ4n) is 1.44. The molecule has 3 heteroatoms. The van der Waals surface area contributed by atoms with Gasteiger partial charge in [0, 0.05) is 24.5 Å². The summed E-state index contributed by atoms with van der Waals surface area (Å²) >= 11 is 0. The zero-order valence-corrected chi connectivity index (χ0v) is 8.86. The van der Waals surface area contributed by atoms with Crippen LogP contribution in [0.2, 0.25) is 0 Å². The van der Waals surface area contributed by atoms with Crippen LogP contribution < -0.4 is 5.32 Å². The highest BCUT2D eigenvalue weighted by atomic mass is 15.0. The number of rotatable bonds is 2. The summed E-state index contributed by atoms with van der Waals surface area (Å²) in [6.07, 6.45) is 1.80. The number of nitrogens with one attached hydrogen (secondary N) is 1. The van der Waals surface area contributed by atoms with Crippen LogP contribution in [0.25, 0.3) is 11.3 Å². The Kier molecular flexibility index (Phi) is 2.63. The normalized spacial score (nSPS) is 10.0. The van der Waals surface area contributed by atoms with Crippen molar-refractivity contribution in [3.05, 3.63) is 42.2 Å². The molecular formula is C12H13N3. The van der Waals surface area contributed by atoms with Crippen LogP contribution >= 0.6 is 0 Å². The van der Waals surface area contributed by atoms with Crippen molar-refractivity contribution in [1.82, 2.24) is 9.97 Å². The second-order valence-corrected chi connectivity index (χ2v) is 3.34. The second-order valence-electron chi connectivity index (χ2n) is 3.34. The summed E-state index contributed by atoms with van der Waals surface area (Å²) in [6.45, 7) is 1.98. The lowest BCUT2D eigenvalue weighted by Gasteiger charge is -2.04. The summed E-state index contributed by atoms with van der Waals surface area (Å²) in [5.74, 6) is 0.877. The zero-order valence-electron chi connectivity index (χ0n) is 8.86. The molecule has 0 amide bonds. The molecule has 0 aliphatic heterocycles. The van der Waals surface area contributed by atoms with Gasteiger partial charge in [0.25, 0.3) is 0 Å². The summed E-state index contributed by atoms with van der Waals surface area (Å²) in [6, 6.07) is 9.92. The molecule has 3 nitrogen and oxygen atoms in total. The van der Waals surface area contributed by atoms with Gasteiger partial charge in [-0.05, 0) is 31.2 Å². The lowest BCUT2D eigenvalue weighted by molar-refractivity contribution is 1.19. The largest absolute Gasteiger partial charge is 0.373 e. The molecule has 0 spiro atoms. The molecule has 1 N–H and O–H groups in total. The van der Waals surface area contributed by atoms with Crippen molar-refractivity contribution in [2.45, 2.75) is 6.92 Å². The highest BCUT2D eigenvalue weighted by Crippen LogP contribution is 2.18. The van der Waals surface area contributed by atoms with Gasteiger partial charge in [-0.25, -0.2) is 4.98 Å². The average molecular weight is 199 g/mol. The van der Waals surface area contributed by atoms with Gasteiger partial charge >= 0.3 is 0 Å². The number of hydrogen-bond donors (Lipinski definition) is 1. The number of hydrogen-bond acceptors (Lipinski definition) is 3. The van der Waals surface area contributed by atoms with Crippen molar-refractivity contribution in [3.8, 4) is 11.3 Å². The minimum absolute atomic E-state index is 0.877. The van der Waals surface area contributed by atoms with E-state index >= 15 is 0 Å². The van der Waals surface area contributed by atoms with E-state index in [0.29, 0.717) is 0 Å². The van der Waals surface area contributed by atoms with Gasteiger partial charge in [0.2, 0.25) is 0 Å². The Labute approximate surface area is 89.2 Å². The molecule has 0 saturated heterocycles. The van der Waals surface area contributed by atoms with E-state index < -0.39 is 0 Å². The number of nitrogens with zero attached hydrogens (tertiary/aromatic N) is 2. The third-order valence-corrected chi connectivity index (χ3v) is 2.20. The molecule has 0 aromatic carbocycles. The molecule has 0 fully saturated rings. The first-order chi connectivity index (χ1) is 7.29. The molecule has 0 aliphatic rings. The van der Waals surface area contributed by atoms with Gasteiger partial charge < -0.3 is 5.32 Å². The maximum absolute atomic E-state index is 4.46. The van der Waals surface area contributed by atoms with E-state index in [4.69, 9.17) is 0 Å². The lowest BCUT2D eigenvalue weighted by atomic mass is 10.1. The average Bonchev–Trinajstić information content (AvgIpc) is 2.29. The lowest BCUT2D eigenvalue weighted by Crippen LogP contribution is -1.93. The monoisotopic (exact) mass is 199 g/mol. The smallest absolute Gasteiger partial charge is 0.126 e. The molecule has 2 aromatic heterocycles. The predicted molar refractivity (Wildman–Crippen MR) is 61.8 cm³/mol. The number of aromatic nitrogens is 2. The van der Waals surface area contributed by atoms with Crippen LogP contribution in [0.5, 0.6) is 0 Å². The van der Waals surface area contributed by atoms with Crippen LogP contribution in [-0.2, 0) is 0 Å². The molecule has 0 saturated carbocycles. The van der Waals surface area contributed by atoms with Crippen molar-refractivity contribution in [2.75, 3.05) is 12.4 Å². The van der Waals surface area contributed by atoms with Crippen molar-refractivity contribution in [1.29, 1.82) is 0 Å². The Morgan fingerprint density at radius 2 is 2.07 bits per heavy atom. The van der Waals surface area contributed by atoms with Gasteiger partial charge in [-0.1, -0.05) is 6.07 Å².